The van der Waals surface area contributed by atoms with Crippen molar-refractivity contribution in [1.82, 2.24) is 25.6 Å². The van der Waals surface area contributed by atoms with Gasteiger partial charge in [-0.25, -0.2) is 19.2 Å². The van der Waals surface area contributed by atoms with Gasteiger partial charge >= 0.3 is 12.0 Å². The summed E-state index contributed by atoms with van der Waals surface area (Å²) in [7, 11) is 2.98. The van der Waals surface area contributed by atoms with E-state index in [1.54, 1.807) is 0 Å². The van der Waals surface area contributed by atoms with Gasteiger partial charge in [0, 0.05) is 27.2 Å². The summed E-state index contributed by atoms with van der Waals surface area (Å²) in [5.41, 5.74) is 0.670. The molecule has 2 rings (SSSR count). The smallest absolute Gasteiger partial charge is 0.333 e. The van der Waals surface area contributed by atoms with Gasteiger partial charge in [0.05, 0.1) is 19.6 Å². The molecule has 0 unspecified atom stereocenters. The van der Waals surface area contributed by atoms with E-state index in [4.69, 9.17) is 4.74 Å². The fourth-order valence-electron chi connectivity index (χ4n) is 2.97. The molecule has 3 N–H and O–H groups in total. The molecule has 11 nitrogen and oxygen atoms in total. The maximum atomic E-state index is 13.0. The fourth-order valence-corrected chi connectivity index (χ4v) is 2.97. The van der Waals surface area contributed by atoms with E-state index in [-0.39, 0.29) is 32.9 Å². The van der Waals surface area contributed by atoms with Crippen LogP contribution in [0, 0.1) is 5.82 Å². The number of methoxy groups -OCH3 is 1. The molecule has 170 valence electrons. The van der Waals surface area contributed by atoms with Crippen molar-refractivity contribution in [3.8, 4) is 0 Å². The largest absolute Gasteiger partial charge is 0.481 e. The molecule has 1 atom stereocenters. The van der Waals surface area contributed by atoms with Gasteiger partial charge in [-0.15, -0.1) is 0 Å². The number of nitrogens with one attached hydrogen (secondary N) is 2. The summed E-state index contributed by atoms with van der Waals surface area (Å²) in [6, 6.07) is 3.75. The first-order valence-electron chi connectivity index (χ1n) is 9.51. The van der Waals surface area contributed by atoms with E-state index in [0.29, 0.717) is 5.56 Å². The Morgan fingerprint density at radius 1 is 1.23 bits per heavy atom. The number of likely N-dealkylation sites (N-methyl/N-ethyl adjacent to an activating group) is 1. The van der Waals surface area contributed by atoms with Gasteiger partial charge in [0.25, 0.3) is 0 Å². The van der Waals surface area contributed by atoms with E-state index >= 15 is 0 Å². The zero-order valence-electron chi connectivity index (χ0n) is 17.3. The number of hydrogen-bond donors (Lipinski definition) is 3. The number of hydrazine groups is 1. The van der Waals surface area contributed by atoms with Crippen LogP contribution in [0.2, 0.25) is 0 Å². The summed E-state index contributed by atoms with van der Waals surface area (Å²) in [4.78, 5) is 50.0. The van der Waals surface area contributed by atoms with Crippen molar-refractivity contribution < 1.29 is 33.4 Å². The van der Waals surface area contributed by atoms with Crippen molar-refractivity contribution in [2.75, 3.05) is 40.5 Å². The van der Waals surface area contributed by atoms with Crippen LogP contribution in [0.4, 0.5) is 9.18 Å². The van der Waals surface area contributed by atoms with Crippen LogP contribution in [0.15, 0.2) is 24.3 Å². The minimum absolute atomic E-state index is 0.119. The van der Waals surface area contributed by atoms with Crippen LogP contribution in [0.1, 0.15) is 12.0 Å². The molecule has 0 bridgehead atoms. The van der Waals surface area contributed by atoms with E-state index < -0.39 is 42.1 Å². The second kappa shape index (κ2) is 11.2. The minimum atomic E-state index is -1.29. The predicted octanol–water partition coefficient (Wildman–Crippen LogP) is -0.410. The van der Waals surface area contributed by atoms with Crippen LogP contribution in [0.3, 0.4) is 0 Å². The summed E-state index contributed by atoms with van der Waals surface area (Å²) in [5.74, 6) is -2.79. The van der Waals surface area contributed by atoms with Gasteiger partial charge in [0.2, 0.25) is 11.8 Å². The molecule has 1 aliphatic heterocycles. The Hall–Kier alpha value is -3.25. The van der Waals surface area contributed by atoms with Crippen molar-refractivity contribution in [2.45, 2.75) is 19.0 Å². The molecule has 0 spiro atoms. The van der Waals surface area contributed by atoms with Crippen molar-refractivity contribution in [2.24, 2.45) is 0 Å². The predicted molar refractivity (Wildman–Crippen MR) is 106 cm³/mol. The second-order valence-corrected chi connectivity index (χ2v) is 6.90. The van der Waals surface area contributed by atoms with E-state index in [1.165, 1.54) is 48.4 Å². The normalized spacial score (nSPS) is 15.5. The first-order valence-corrected chi connectivity index (χ1v) is 9.51. The third kappa shape index (κ3) is 6.89. The average Bonchev–Trinajstić information content (AvgIpc) is 2.72. The zero-order valence-corrected chi connectivity index (χ0v) is 17.3. The van der Waals surface area contributed by atoms with E-state index in [2.05, 4.69) is 10.6 Å². The van der Waals surface area contributed by atoms with E-state index in [0.717, 1.165) is 4.90 Å². The van der Waals surface area contributed by atoms with E-state index in [9.17, 15) is 28.7 Å². The molecular formula is C19H26FN5O6. The summed E-state index contributed by atoms with van der Waals surface area (Å²) < 4.78 is 17.9. The van der Waals surface area contributed by atoms with Crippen LogP contribution >= 0.6 is 0 Å². The van der Waals surface area contributed by atoms with Crippen molar-refractivity contribution in [1.29, 1.82) is 0 Å². The maximum absolute atomic E-state index is 13.0. The van der Waals surface area contributed by atoms with Crippen LogP contribution in [0.25, 0.3) is 0 Å². The lowest BCUT2D eigenvalue weighted by Gasteiger charge is -2.43. The van der Waals surface area contributed by atoms with Gasteiger partial charge < -0.3 is 25.4 Å². The third-order valence-electron chi connectivity index (χ3n) is 4.63. The number of carboxylic acid groups (broad SMARTS) is 1. The standard InChI is InChI=1S/C19H26FN5O6/c1-23-11-16(26)24(15(9-17(27)28)18(29)21-7-8-31-2)12-25(23)19(30)22-10-13-3-5-14(20)6-4-13/h3-6,15H,7-12H2,1-2H3,(H,21,29)(H,22,30)(H,27,28)/t15-/m0/s1. The summed E-state index contributed by atoms with van der Waals surface area (Å²) in [6.45, 7) is -0.0332. The van der Waals surface area contributed by atoms with Gasteiger partial charge in [-0.05, 0) is 17.7 Å². The quantitative estimate of drug-likeness (QED) is 0.446. The zero-order chi connectivity index (χ0) is 23.0. The second-order valence-electron chi connectivity index (χ2n) is 6.90. The first-order chi connectivity index (χ1) is 14.7. The maximum Gasteiger partial charge on any atom is 0.333 e. The highest BCUT2D eigenvalue weighted by Crippen LogP contribution is 2.15. The van der Waals surface area contributed by atoms with Gasteiger partial charge in [-0.3, -0.25) is 14.4 Å². The number of aliphatic carboxylic acids is 1. The van der Waals surface area contributed by atoms with Gasteiger partial charge in [-0.2, -0.15) is 0 Å². The Morgan fingerprint density at radius 3 is 2.52 bits per heavy atom. The lowest BCUT2D eigenvalue weighted by atomic mass is 10.1. The van der Waals surface area contributed by atoms with Crippen LogP contribution in [0.5, 0.6) is 0 Å². The average molecular weight is 439 g/mol. The number of hydrogen-bond acceptors (Lipinski definition) is 6. The molecule has 31 heavy (non-hydrogen) atoms. The summed E-state index contributed by atoms with van der Waals surface area (Å²) >= 11 is 0. The molecule has 1 aliphatic rings. The molecular weight excluding hydrogens is 413 g/mol. The van der Waals surface area contributed by atoms with Crippen molar-refractivity contribution in [3.63, 3.8) is 0 Å². The lowest BCUT2D eigenvalue weighted by molar-refractivity contribution is -0.160. The molecule has 0 aliphatic carbocycles. The summed E-state index contributed by atoms with van der Waals surface area (Å²) in [6.07, 6.45) is -0.612. The van der Waals surface area contributed by atoms with Crippen molar-refractivity contribution in [3.05, 3.63) is 35.6 Å². The Bertz CT molecular complexity index is 805. The number of benzene rings is 1. The van der Waals surface area contributed by atoms with Crippen LogP contribution in [-0.4, -0.2) is 90.4 Å². The Kier molecular flexibility index (Phi) is 8.70. The number of carboxylic acids is 1. The highest BCUT2D eigenvalue weighted by molar-refractivity contribution is 5.92. The Balaban J connectivity index is 2.08. The molecule has 1 aromatic rings. The molecule has 1 heterocycles. The molecule has 1 saturated heterocycles. The number of nitrogens with zero attached hydrogens (tertiary/aromatic N) is 3. The molecule has 0 radical (unpaired) electrons. The van der Waals surface area contributed by atoms with Crippen LogP contribution < -0.4 is 10.6 Å². The number of carbonyl (C=O) groups is 4. The minimum Gasteiger partial charge on any atom is -0.481 e. The number of amides is 4. The molecule has 0 saturated carbocycles. The summed E-state index contributed by atoms with van der Waals surface area (Å²) in [5, 5.41) is 17.0. The Labute approximate surface area is 178 Å². The highest BCUT2D eigenvalue weighted by Gasteiger charge is 2.39. The monoisotopic (exact) mass is 439 g/mol. The lowest BCUT2D eigenvalue weighted by Crippen LogP contribution is -2.65. The Morgan fingerprint density at radius 2 is 1.90 bits per heavy atom. The molecule has 4 amide bonds. The number of urea groups is 1. The highest BCUT2D eigenvalue weighted by atomic mass is 19.1. The number of carbonyl (C=O) groups excluding carboxylic acids is 3. The molecule has 1 aromatic carbocycles. The first kappa shape index (κ1) is 24.0. The third-order valence-corrected chi connectivity index (χ3v) is 4.63. The van der Waals surface area contributed by atoms with Crippen LogP contribution in [-0.2, 0) is 25.7 Å². The molecule has 12 heteroatoms. The number of halogens is 1. The van der Waals surface area contributed by atoms with Gasteiger partial charge in [0.1, 0.15) is 18.5 Å². The van der Waals surface area contributed by atoms with E-state index in [1.807, 2.05) is 0 Å². The van der Waals surface area contributed by atoms with Gasteiger partial charge in [-0.1, -0.05) is 12.1 Å². The molecule has 1 fully saturated rings. The molecule has 0 aromatic heterocycles. The SMILES string of the molecule is COCCNC(=O)[C@H](CC(=O)O)N1CN(C(=O)NCc2ccc(F)cc2)N(C)CC1=O. The van der Waals surface area contributed by atoms with Gasteiger partial charge in [0.15, 0.2) is 0 Å². The number of rotatable bonds is 9. The number of ether oxygens (including phenoxy) is 1. The topological polar surface area (TPSA) is 132 Å². The fraction of sp³-hybridized carbons (Fsp3) is 0.474. The van der Waals surface area contributed by atoms with Crippen molar-refractivity contribution >= 4 is 23.8 Å².